The first-order valence-electron chi connectivity index (χ1n) is 7.41. The number of nitrogen functional groups attached to an aromatic ring is 1. The minimum atomic E-state index is -0.929. The largest absolute Gasteiger partial charge is 0.465 e. The highest BCUT2D eigenvalue weighted by Gasteiger charge is 2.22. The van der Waals surface area contributed by atoms with E-state index in [2.05, 4.69) is 15.3 Å². The van der Waals surface area contributed by atoms with Gasteiger partial charge in [0.15, 0.2) is 0 Å². The summed E-state index contributed by atoms with van der Waals surface area (Å²) in [6.07, 6.45) is -0.929. The molecule has 2 heterocycles. The number of benzene rings is 1. The number of halogens is 1. The van der Waals surface area contributed by atoms with E-state index in [1.165, 1.54) is 17.0 Å². The Hall–Kier alpha value is -3.10. The number of nitrogens with zero attached hydrogens (tertiary/aromatic N) is 4. The molecule has 9 heteroatoms. The summed E-state index contributed by atoms with van der Waals surface area (Å²) in [4.78, 5) is 22.8. The monoisotopic (exact) mass is 332 g/mol. The van der Waals surface area contributed by atoms with E-state index < -0.39 is 6.09 Å². The van der Waals surface area contributed by atoms with Crippen LogP contribution in [0, 0.1) is 5.82 Å². The summed E-state index contributed by atoms with van der Waals surface area (Å²) in [7, 11) is 0. The van der Waals surface area contributed by atoms with Crippen molar-refractivity contribution in [2.24, 2.45) is 0 Å². The third kappa shape index (κ3) is 3.62. The van der Waals surface area contributed by atoms with E-state index in [0.717, 1.165) is 0 Å². The second-order valence-electron chi connectivity index (χ2n) is 5.37. The van der Waals surface area contributed by atoms with Crippen molar-refractivity contribution in [3.05, 3.63) is 36.1 Å². The molecule has 1 fully saturated rings. The van der Waals surface area contributed by atoms with Crippen molar-refractivity contribution < 1.29 is 14.3 Å². The Morgan fingerprint density at radius 2 is 1.83 bits per heavy atom. The van der Waals surface area contributed by atoms with E-state index in [9.17, 15) is 9.18 Å². The van der Waals surface area contributed by atoms with Gasteiger partial charge in [-0.05, 0) is 24.3 Å². The summed E-state index contributed by atoms with van der Waals surface area (Å²) in [6, 6.07) is 7.47. The van der Waals surface area contributed by atoms with E-state index in [1.54, 1.807) is 18.2 Å². The molecule has 4 N–H and O–H groups in total. The van der Waals surface area contributed by atoms with Gasteiger partial charge in [0, 0.05) is 37.9 Å². The number of nitrogens with one attached hydrogen (secondary N) is 1. The summed E-state index contributed by atoms with van der Waals surface area (Å²) in [5.41, 5.74) is 6.51. The summed E-state index contributed by atoms with van der Waals surface area (Å²) in [5, 5.41) is 12.0. The van der Waals surface area contributed by atoms with Crippen molar-refractivity contribution in [3.8, 4) is 0 Å². The molecular formula is C15H17FN6O2. The smallest absolute Gasteiger partial charge is 0.407 e. The van der Waals surface area contributed by atoms with Gasteiger partial charge in [0.1, 0.15) is 17.5 Å². The summed E-state index contributed by atoms with van der Waals surface area (Å²) < 4.78 is 13.0. The van der Waals surface area contributed by atoms with Gasteiger partial charge in [-0.15, -0.1) is 0 Å². The maximum atomic E-state index is 13.0. The minimum Gasteiger partial charge on any atom is -0.465 e. The molecule has 1 aromatic heterocycles. The SMILES string of the molecule is Nc1cc(Nc2ccc(F)cc2)nc(N2CCN(C(=O)O)CC2)n1. The summed E-state index contributed by atoms with van der Waals surface area (Å²) in [5.74, 6) is 0.902. The van der Waals surface area contributed by atoms with Gasteiger partial charge < -0.3 is 26.0 Å². The van der Waals surface area contributed by atoms with Crippen LogP contribution >= 0.6 is 0 Å². The van der Waals surface area contributed by atoms with Crippen molar-refractivity contribution in [2.75, 3.05) is 42.1 Å². The minimum absolute atomic E-state index is 0.297. The third-order valence-electron chi connectivity index (χ3n) is 3.68. The number of hydrogen-bond donors (Lipinski definition) is 3. The van der Waals surface area contributed by atoms with Gasteiger partial charge in [-0.1, -0.05) is 0 Å². The highest BCUT2D eigenvalue weighted by atomic mass is 19.1. The molecule has 8 nitrogen and oxygen atoms in total. The van der Waals surface area contributed by atoms with Crippen LogP contribution in [0.5, 0.6) is 0 Å². The van der Waals surface area contributed by atoms with Gasteiger partial charge in [-0.2, -0.15) is 9.97 Å². The van der Waals surface area contributed by atoms with Gasteiger partial charge in [0.25, 0.3) is 0 Å². The number of carbonyl (C=O) groups is 1. The maximum Gasteiger partial charge on any atom is 0.407 e. The highest BCUT2D eigenvalue weighted by molar-refractivity contribution is 5.65. The third-order valence-corrected chi connectivity index (χ3v) is 3.68. The van der Waals surface area contributed by atoms with Crippen molar-refractivity contribution in [3.63, 3.8) is 0 Å². The van der Waals surface area contributed by atoms with Crippen LogP contribution in [0.25, 0.3) is 0 Å². The zero-order chi connectivity index (χ0) is 17.1. The lowest BCUT2D eigenvalue weighted by molar-refractivity contribution is 0.142. The average Bonchev–Trinajstić information content (AvgIpc) is 2.56. The first-order chi connectivity index (χ1) is 11.5. The van der Waals surface area contributed by atoms with Crippen LogP contribution in [0.2, 0.25) is 0 Å². The standard InChI is InChI=1S/C15H17FN6O2/c16-10-1-3-11(4-2-10)18-13-9-12(17)19-14(20-13)21-5-7-22(8-6-21)15(23)24/h1-4,9H,5-8H2,(H,23,24)(H3,17,18,19,20). The first kappa shape index (κ1) is 15.8. The molecule has 3 rings (SSSR count). The number of anilines is 4. The van der Waals surface area contributed by atoms with Gasteiger partial charge in [-0.3, -0.25) is 0 Å². The summed E-state index contributed by atoms with van der Waals surface area (Å²) >= 11 is 0. The quantitative estimate of drug-likeness (QED) is 0.786. The number of rotatable bonds is 3. The van der Waals surface area contributed by atoms with Gasteiger partial charge in [0.05, 0.1) is 0 Å². The average molecular weight is 332 g/mol. The van der Waals surface area contributed by atoms with Crippen molar-refractivity contribution in [2.45, 2.75) is 0 Å². The second kappa shape index (κ2) is 6.57. The topological polar surface area (TPSA) is 108 Å². The van der Waals surface area contributed by atoms with Crippen LogP contribution < -0.4 is 16.0 Å². The van der Waals surface area contributed by atoms with Crippen LogP contribution in [-0.2, 0) is 0 Å². The molecule has 0 aliphatic carbocycles. The molecule has 24 heavy (non-hydrogen) atoms. The second-order valence-corrected chi connectivity index (χ2v) is 5.37. The molecule has 1 aliphatic rings. The molecule has 1 amide bonds. The van der Waals surface area contributed by atoms with Crippen LogP contribution in [0.1, 0.15) is 0 Å². The number of amides is 1. The Labute approximate surface area is 137 Å². The number of aromatic nitrogens is 2. The number of hydrogen-bond acceptors (Lipinski definition) is 6. The zero-order valence-corrected chi connectivity index (χ0v) is 12.8. The fourth-order valence-electron chi connectivity index (χ4n) is 2.44. The normalized spacial score (nSPS) is 14.5. The molecule has 0 bridgehead atoms. The van der Waals surface area contributed by atoms with Gasteiger partial charge in [0.2, 0.25) is 5.95 Å². The van der Waals surface area contributed by atoms with Crippen molar-refractivity contribution in [1.29, 1.82) is 0 Å². The lowest BCUT2D eigenvalue weighted by Crippen LogP contribution is -2.48. The Bertz CT molecular complexity index is 731. The fourth-order valence-corrected chi connectivity index (χ4v) is 2.44. The van der Waals surface area contributed by atoms with Crippen molar-refractivity contribution in [1.82, 2.24) is 14.9 Å². The van der Waals surface area contributed by atoms with E-state index in [-0.39, 0.29) is 5.82 Å². The molecular weight excluding hydrogens is 315 g/mol. The van der Waals surface area contributed by atoms with E-state index in [0.29, 0.717) is 49.5 Å². The van der Waals surface area contributed by atoms with Gasteiger partial charge >= 0.3 is 6.09 Å². The predicted octanol–water partition coefficient (Wildman–Crippen LogP) is 1.74. The number of piperazine rings is 1. The van der Waals surface area contributed by atoms with E-state index >= 15 is 0 Å². The Morgan fingerprint density at radius 1 is 1.17 bits per heavy atom. The molecule has 0 spiro atoms. The van der Waals surface area contributed by atoms with Crippen molar-refractivity contribution >= 4 is 29.4 Å². The lowest BCUT2D eigenvalue weighted by atomic mass is 10.3. The Morgan fingerprint density at radius 3 is 2.46 bits per heavy atom. The molecule has 2 aromatic rings. The molecule has 0 radical (unpaired) electrons. The molecule has 1 saturated heterocycles. The van der Waals surface area contributed by atoms with Crippen LogP contribution in [0.4, 0.5) is 32.5 Å². The Balaban J connectivity index is 1.74. The van der Waals surface area contributed by atoms with Crippen LogP contribution in [0.15, 0.2) is 30.3 Å². The van der Waals surface area contributed by atoms with Crippen LogP contribution in [0.3, 0.4) is 0 Å². The van der Waals surface area contributed by atoms with Gasteiger partial charge in [-0.25, -0.2) is 9.18 Å². The molecule has 0 saturated carbocycles. The molecule has 0 atom stereocenters. The van der Waals surface area contributed by atoms with E-state index in [4.69, 9.17) is 10.8 Å². The van der Waals surface area contributed by atoms with E-state index in [1.807, 2.05) is 4.90 Å². The molecule has 1 aromatic carbocycles. The highest BCUT2D eigenvalue weighted by Crippen LogP contribution is 2.20. The number of carboxylic acid groups (broad SMARTS) is 1. The Kier molecular flexibility index (Phi) is 4.32. The predicted molar refractivity (Wildman–Crippen MR) is 87.9 cm³/mol. The fraction of sp³-hybridized carbons (Fsp3) is 0.267. The molecule has 1 aliphatic heterocycles. The lowest BCUT2D eigenvalue weighted by Gasteiger charge is -2.33. The molecule has 126 valence electrons. The maximum absolute atomic E-state index is 13.0. The first-order valence-corrected chi connectivity index (χ1v) is 7.41. The molecule has 0 unspecified atom stereocenters. The zero-order valence-electron chi connectivity index (χ0n) is 12.8. The van der Waals surface area contributed by atoms with Crippen LogP contribution in [-0.4, -0.2) is 52.2 Å². The summed E-state index contributed by atoms with van der Waals surface area (Å²) in [6.45, 7) is 1.75. The number of nitrogens with two attached hydrogens (primary N) is 1.